The van der Waals surface area contributed by atoms with Crippen molar-refractivity contribution in [2.45, 2.75) is 93.3 Å². The van der Waals surface area contributed by atoms with Crippen LogP contribution in [0.1, 0.15) is 88.9 Å². The zero-order valence-electron chi connectivity index (χ0n) is 27.6. The van der Waals surface area contributed by atoms with Crippen molar-refractivity contribution < 1.29 is 34.1 Å². The topological polar surface area (TPSA) is 155 Å². The van der Waals surface area contributed by atoms with E-state index < -0.39 is 11.9 Å². The summed E-state index contributed by atoms with van der Waals surface area (Å²) in [6, 6.07) is 4.18. The standard InChI is InChI=1S/C21H24FN3O3.C5H11NO2.C5H12O.C2H6/c1-11(26)6-7-23-20(27)10-15-12(2)19(24-13(15)3)9-17-16-8-14(22)4-5-18(16)25-21(17)28;1-2-6(5-8)3-4-7;1-3-5(6)4-2;1-2/h4-5,8-9,11,24,26H,6-7,10H2,1-3H3,(H,23,27)(H,25,28);5,7H,2-4H2,1H3;5-6H,3-4H2,1-2H3;1-2H3/b17-9-;;;. The third-order valence-corrected chi connectivity index (χ3v) is 6.79. The molecule has 2 aromatic rings. The molecule has 0 saturated carbocycles. The van der Waals surface area contributed by atoms with Crippen molar-refractivity contribution in [2.24, 2.45) is 0 Å². The molecule has 1 aromatic carbocycles. The number of halogens is 1. The molecule has 1 aliphatic heterocycles. The fourth-order valence-electron chi connectivity index (χ4n) is 4.02. The average molecular weight is 621 g/mol. The van der Waals surface area contributed by atoms with E-state index >= 15 is 0 Å². The molecule has 1 aliphatic rings. The number of benzene rings is 1. The Labute approximate surface area is 261 Å². The number of H-pyrrole nitrogens is 1. The van der Waals surface area contributed by atoms with Crippen LogP contribution in [-0.4, -0.2) is 81.9 Å². The van der Waals surface area contributed by atoms with Gasteiger partial charge in [0.25, 0.3) is 5.91 Å². The van der Waals surface area contributed by atoms with Gasteiger partial charge in [-0.2, -0.15) is 0 Å². The van der Waals surface area contributed by atoms with Crippen LogP contribution >= 0.6 is 0 Å². The Kier molecular flexibility index (Phi) is 20.3. The van der Waals surface area contributed by atoms with Gasteiger partial charge < -0.3 is 35.8 Å². The van der Waals surface area contributed by atoms with E-state index in [2.05, 4.69) is 15.6 Å². The molecule has 3 rings (SSSR count). The highest BCUT2D eigenvalue weighted by Crippen LogP contribution is 2.34. The summed E-state index contributed by atoms with van der Waals surface area (Å²) in [5, 5.41) is 31.8. The number of nitrogens with zero attached hydrogens (tertiary/aromatic N) is 1. The molecule has 0 saturated heterocycles. The number of aliphatic hydroxyl groups is 3. The van der Waals surface area contributed by atoms with Crippen molar-refractivity contribution >= 4 is 35.6 Å². The van der Waals surface area contributed by atoms with E-state index in [0.717, 1.165) is 36.1 Å². The lowest BCUT2D eigenvalue weighted by Gasteiger charge is -2.10. The fraction of sp³-hybridized carbons (Fsp3) is 0.545. The molecule has 3 amide bonds. The predicted octanol–water partition coefficient (Wildman–Crippen LogP) is 4.34. The summed E-state index contributed by atoms with van der Waals surface area (Å²) in [6.45, 7) is 16.8. The zero-order chi connectivity index (χ0) is 33.8. The van der Waals surface area contributed by atoms with Crippen LogP contribution in [0.15, 0.2) is 18.2 Å². The van der Waals surface area contributed by atoms with Crippen molar-refractivity contribution in [3.05, 3.63) is 52.1 Å². The summed E-state index contributed by atoms with van der Waals surface area (Å²) < 4.78 is 13.6. The van der Waals surface area contributed by atoms with Crippen LogP contribution in [0.3, 0.4) is 0 Å². The largest absolute Gasteiger partial charge is 0.395 e. The van der Waals surface area contributed by atoms with Gasteiger partial charge in [0.15, 0.2) is 0 Å². The molecule has 1 unspecified atom stereocenters. The van der Waals surface area contributed by atoms with E-state index in [1.807, 2.05) is 48.5 Å². The molecule has 2 heterocycles. The number of rotatable bonds is 12. The predicted molar refractivity (Wildman–Crippen MR) is 175 cm³/mol. The molecule has 1 atom stereocenters. The van der Waals surface area contributed by atoms with E-state index in [4.69, 9.17) is 10.2 Å². The minimum absolute atomic E-state index is 0.0482. The number of hydrogen-bond acceptors (Lipinski definition) is 6. The number of hydrogen-bond donors (Lipinski definition) is 6. The van der Waals surface area contributed by atoms with Crippen LogP contribution in [0.4, 0.5) is 10.1 Å². The Morgan fingerprint density at radius 1 is 1.14 bits per heavy atom. The highest BCUT2D eigenvalue weighted by atomic mass is 19.1. The lowest BCUT2D eigenvalue weighted by Crippen LogP contribution is -2.28. The molecule has 0 aliphatic carbocycles. The number of aromatic nitrogens is 1. The molecule has 248 valence electrons. The second kappa shape index (κ2) is 22.0. The maximum Gasteiger partial charge on any atom is 0.256 e. The Morgan fingerprint density at radius 2 is 1.77 bits per heavy atom. The molecule has 0 bridgehead atoms. The molecule has 10 nitrogen and oxygen atoms in total. The fourth-order valence-corrected chi connectivity index (χ4v) is 4.02. The summed E-state index contributed by atoms with van der Waals surface area (Å²) in [7, 11) is 0. The molecular formula is C33H53FN4O6. The molecule has 0 spiro atoms. The molecule has 0 fully saturated rings. The maximum atomic E-state index is 13.6. The number of aliphatic hydroxyl groups excluding tert-OH is 3. The van der Waals surface area contributed by atoms with Gasteiger partial charge in [-0.15, -0.1) is 0 Å². The van der Waals surface area contributed by atoms with Crippen LogP contribution in [0.2, 0.25) is 0 Å². The van der Waals surface area contributed by atoms with Gasteiger partial charge >= 0.3 is 0 Å². The van der Waals surface area contributed by atoms with Gasteiger partial charge in [-0.05, 0) is 82.4 Å². The lowest BCUT2D eigenvalue weighted by atomic mass is 10.0. The highest BCUT2D eigenvalue weighted by molar-refractivity contribution is 6.34. The monoisotopic (exact) mass is 620 g/mol. The van der Waals surface area contributed by atoms with Crippen molar-refractivity contribution in [2.75, 3.05) is 31.6 Å². The van der Waals surface area contributed by atoms with E-state index in [1.54, 1.807) is 19.1 Å². The quantitative estimate of drug-likeness (QED) is 0.153. The first-order valence-electron chi connectivity index (χ1n) is 15.4. The summed E-state index contributed by atoms with van der Waals surface area (Å²) >= 11 is 0. The SMILES string of the molecule is CC.CCC(O)CC.CCN(C=O)CCO.Cc1[nH]c(/C=C2\C(=O)Nc3ccc(F)cc32)c(C)c1CC(=O)NCCC(C)O. The van der Waals surface area contributed by atoms with Crippen LogP contribution in [0.5, 0.6) is 0 Å². The first kappa shape index (κ1) is 40.5. The third kappa shape index (κ3) is 13.8. The van der Waals surface area contributed by atoms with Crippen molar-refractivity contribution in [3.8, 4) is 0 Å². The van der Waals surface area contributed by atoms with Gasteiger partial charge in [0.2, 0.25) is 12.3 Å². The molecule has 6 N–H and O–H groups in total. The second-order valence-corrected chi connectivity index (χ2v) is 10.1. The van der Waals surface area contributed by atoms with E-state index in [-0.39, 0.29) is 30.9 Å². The number of carbonyl (C=O) groups is 3. The smallest absolute Gasteiger partial charge is 0.256 e. The Balaban J connectivity index is 0.000000957. The minimum Gasteiger partial charge on any atom is -0.395 e. The average Bonchev–Trinajstić information content (AvgIpc) is 3.46. The van der Waals surface area contributed by atoms with E-state index in [9.17, 15) is 23.9 Å². The van der Waals surface area contributed by atoms with Gasteiger partial charge in [0, 0.05) is 42.3 Å². The number of amides is 3. The lowest BCUT2D eigenvalue weighted by molar-refractivity contribution is -0.120. The number of carbonyl (C=O) groups excluding carboxylic acids is 3. The number of anilines is 1. The van der Waals surface area contributed by atoms with Crippen molar-refractivity contribution in [1.82, 2.24) is 15.2 Å². The number of likely N-dealkylation sites (N-methyl/N-ethyl adjacent to an activating group) is 1. The van der Waals surface area contributed by atoms with Crippen LogP contribution in [0.25, 0.3) is 11.6 Å². The van der Waals surface area contributed by atoms with Gasteiger partial charge in [0.05, 0.1) is 30.8 Å². The van der Waals surface area contributed by atoms with E-state index in [0.29, 0.717) is 48.6 Å². The molecule has 44 heavy (non-hydrogen) atoms. The van der Waals surface area contributed by atoms with E-state index in [1.165, 1.54) is 17.0 Å². The van der Waals surface area contributed by atoms with Crippen molar-refractivity contribution in [1.29, 1.82) is 0 Å². The first-order valence-corrected chi connectivity index (χ1v) is 15.4. The maximum absolute atomic E-state index is 13.6. The molecular weight excluding hydrogens is 567 g/mol. The summed E-state index contributed by atoms with van der Waals surface area (Å²) in [6.07, 6.45) is 4.37. The Hall–Kier alpha value is -3.54. The second-order valence-electron chi connectivity index (χ2n) is 10.1. The van der Waals surface area contributed by atoms with Crippen LogP contribution in [-0.2, 0) is 20.8 Å². The Bertz CT molecular complexity index is 1190. The minimum atomic E-state index is -0.459. The molecule has 0 radical (unpaired) electrons. The Morgan fingerprint density at radius 3 is 2.25 bits per heavy atom. The van der Waals surface area contributed by atoms with Crippen LogP contribution < -0.4 is 10.6 Å². The van der Waals surface area contributed by atoms with Gasteiger partial charge in [0.1, 0.15) is 5.82 Å². The summed E-state index contributed by atoms with van der Waals surface area (Å²) in [5.41, 5.74) is 4.77. The normalized spacial score (nSPS) is 12.9. The summed E-state index contributed by atoms with van der Waals surface area (Å²) in [5.74, 6) is -0.823. The van der Waals surface area contributed by atoms with Gasteiger partial charge in [-0.1, -0.05) is 27.7 Å². The first-order chi connectivity index (χ1) is 20.9. The van der Waals surface area contributed by atoms with Gasteiger partial charge in [-0.3, -0.25) is 14.4 Å². The zero-order valence-corrected chi connectivity index (χ0v) is 27.6. The number of fused-ring (bicyclic) bond motifs is 1. The van der Waals surface area contributed by atoms with Crippen molar-refractivity contribution in [3.63, 3.8) is 0 Å². The number of nitrogens with one attached hydrogen (secondary N) is 3. The summed E-state index contributed by atoms with van der Waals surface area (Å²) in [4.78, 5) is 39.1. The third-order valence-electron chi connectivity index (χ3n) is 6.79. The number of aryl methyl sites for hydroxylation is 1. The van der Waals surface area contributed by atoms with Crippen LogP contribution in [0, 0.1) is 19.7 Å². The molecule has 1 aromatic heterocycles. The molecule has 11 heteroatoms. The van der Waals surface area contributed by atoms with Gasteiger partial charge in [-0.25, -0.2) is 4.39 Å². The number of aromatic amines is 1. The highest BCUT2D eigenvalue weighted by Gasteiger charge is 2.25.